The van der Waals surface area contributed by atoms with E-state index in [2.05, 4.69) is 23.5 Å². The van der Waals surface area contributed by atoms with Gasteiger partial charge in [-0.1, -0.05) is 25.8 Å². The van der Waals surface area contributed by atoms with Crippen molar-refractivity contribution >= 4 is 0 Å². The summed E-state index contributed by atoms with van der Waals surface area (Å²) in [5.74, 6) is 1.03. The van der Waals surface area contributed by atoms with Gasteiger partial charge in [0.05, 0.1) is 0 Å². The number of allylic oxidation sites excluding steroid dienone is 1. The molecule has 0 aliphatic heterocycles. The number of aromatic amines is 1. The molecule has 2 heteroatoms. The zero-order valence-corrected chi connectivity index (χ0v) is 8.34. The predicted molar refractivity (Wildman–Crippen MR) is 55.7 cm³/mol. The van der Waals surface area contributed by atoms with Crippen LogP contribution in [0.25, 0.3) is 0 Å². The molecule has 0 spiro atoms. The van der Waals surface area contributed by atoms with Gasteiger partial charge in [-0.05, 0) is 12.8 Å². The van der Waals surface area contributed by atoms with E-state index in [-0.39, 0.29) is 0 Å². The fourth-order valence-corrected chi connectivity index (χ4v) is 1.34. The molecule has 0 atom stereocenters. The van der Waals surface area contributed by atoms with Crippen LogP contribution in [0.2, 0.25) is 0 Å². The topological polar surface area (TPSA) is 28.7 Å². The lowest BCUT2D eigenvalue weighted by Crippen LogP contribution is -1.87. The highest BCUT2D eigenvalue weighted by Gasteiger charge is 1.97. The molecule has 13 heavy (non-hydrogen) atoms. The van der Waals surface area contributed by atoms with Gasteiger partial charge in [-0.2, -0.15) is 0 Å². The lowest BCUT2D eigenvalue weighted by Gasteiger charge is -1.95. The van der Waals surface area contributed by atoms with Crippen molar-refractivity contribution in [2.75, 3.05) is 0 Å². The Morgan fingerprint density at radius 3 is 3.08 bits per heavy atom. The molecule has 0 radical (unpaired) electrons. The number of aromatic nitrogens is 2. The van der Waals surface area contributed by atoms with Crippen LogP contribution >= 0.6 is 0 Å². The second-order valence-corrected chi connectivity index (χ2v) is 3.31. The fraction of sp³-hybridized carbons (Fsp3) is 0.545. The van der Waals surface area contributed by atoms with Crippen molar-refractivity contribution in [2.45, 2.75) is 39.0 Å². The zero-order chi connectivity index (χ0) is 9.52. The first kappa shape index (κ1) is 10.0. The van der Waals surface area contributed by atoms with Crippen LogP contribution in [0, 0.1) is 0 Å². The van der Waals surface area contributed by atoms with Crippen LogP contribution in [0.15, 0.2) is 18.9 Å². The number of rotatable bonds is 6. The van der Waals surface area contributed by atoms with Crippen molar-refractivity contribution in [1.29, 1.82) is 0 Å². The van der Waals surface area contributed by atoms with Crippen molar-refractivity contribution < 1.29 is 0 Å². The molecule has 2 nitrogen and oxygen atoms in total. The van der Waals surface area contributed by atoms with Crippen LogP contribution in [0.5, 0.6) is 0 Å². The maximum Gasteiger partial charge on any atom is 0.110 e. The van der Waals surface area contributed by atoms with Gasteiger partial charge in [-0.15, -0.1) is 6.58 Å². The fourth-order valence-electron chi connectivity index (χ4n) is 1.34. The van der Waals surface area contributed by atoms with Crippen LogP contribution in [0.1, 0.15) is 37.7 Å². The lowest BCUT2D eigenvalue weighted by molar-refractivity contribution is 0.708. The maximum absolute atomic E-state index is 4.26. The van der Waals surface area contributed by atoms with Gasteiger partial charge < -0.3 is 4.98 Å². The number of nitrogens with zero attached hydrogens (tertiary/aromatic N) is 1. The van der Waals surface area contributed by atoms with E-state index in [1.807, 2.05) is 12.3 Å². The van der Waals surface area contributed by atoms with E-state index in [4.69, 9.17) is 0 Å². The Balaban J connectivity index is 2.35. The zero-order valence-electron chi connectivity index (χ0n) is 8.34. The third kappa shape index (κ3) is 3.45. The van der Waals surface area contributed by atoms with Crippen molar-refractivity contribution in [3.63, 3.8) is 0 Å². The number of unbranched alkanes of at least 4 members (excludes halogenated alkanes) is 2. The SMILES string of the molecule is C=CCc1ncc(CCCCC)[nH]1. The summed E-state index contributed by atoms with van der Waals surface area (Å²) < 4.78 is 0. The number of aryl methyl sites for hydroxylation is 1. The average molecular weight is 178 g/mol. The van der Waals surface area contributed by atoms with Gasteiger partial charge in [0.2, 0.25) is 0 Å². The van der Waals surface area contributed by atoms with E-state index >= 15 is 0 Å². The van der Waals surface area contributed by atoms with Crippen LogP contribution < -0.4 is 0 Å². The average Bonchev–Trinajstić information content (AvgIpc) is 2.54. The van der Waals surface area contributed by atoms with Gasteiger partial charge in [0, 0.05) is 18.3 Å². The first-order chi connectivity index (χ1) is 6.36. The van der Waals surface area contributed by atoms with Crippen molar-refractivity contribution in [3.05, 3.63) is 30.4 Å². The van der Waals surface area contributed by atoms with Gasteiger partial charge in [-0.3, -0.25) is 0 Å². The minimum absolute atomic E-state index is 0.841. The van der Waals surface area contributed by atoms with Gasteiger partial charge in [0.25, 0.3) is 0 Å². The first-order valence-electron chi connectivity index (χ1n) is 5.00. The quantitative estimate of drug-likeness (QED) is 0.526. The van der Waals surface area contributed by atoms with Crippen molar-refractivity contribution in [3.8, 4) is 0 Å². The smallest absolute Gasteiger partial charge is 0.110 e. The van der Waals surface area contributed by atoms with Crippen LogP contribution in [0.3, 0.4) is 0 Å². The minimum Gasteiger partial charge on any atom is -0.346 e. The Labute approximate surface area is 80.1 Å². The minimum atomic E-state index is 0.841. The number of hydrogen-bond donors (Lipinski definition) is 1. The molecule has 0 bridgehead atoms. The van der Waals surface area contributed by atoms with Gasteiger partial charge in [0.15, 0.2) is 0 Å². The molecule has 0 aliphatic rings. The summed E-state index contributed by atoms with van der Waals surface area (Å²) in [5.41, 5.74) is 1.25. The summed E-state index contributed by atoms with van der Waals surface area (Å²) in [5, 5.41) is 0. The molecule has 0 saturated heterocycles. The first-order valence-corrected chi connectivity index (χ1v) is 5.00. The molecular weight excluding hydrogens is 160 g/mol. The van der Waals surface area contributed by atoms with E-state index in [1.165, 1.54) is 25.0 Å². The monoisotopic (exact) mass is 178 g/mol. The highest BCUT2D eigenvalue weighted by molar-refractivity contribution is 5.03. The van der Waals surface area contributed by atoms with Crippen LogP contribution in [-0.4, -0.2) is 9.97 Å². The molecule has 0 fully saturated rings. The molecule has 0 aliphatic carbocycles. The van der Waals surface area contributed by atoms with Gasteiger partial charge in [-0.25, -0.2) is 4.98 Å². The Kier molecular flexibility index (Phi) is 4.30. The van der Waals surface area contributed by atoms with E-state index in [1.54, 1.807) is 0 Å². The van der Waals surface area contributed by atoms with E-state index in [9.17, 15) is 0 Å². The molecule has 1 rings (SSSR count). The second kappa shape index (κ2) is 5.57. The Morgan fingerprint density at radius 2 is 2.38 bits per heavy atom. The largest absolute Gasteiger partial charge is 0.346 e. The number of imidazole rings is 1. The molecule has 0 aromatic carbocycles. The van der Waals surface area contributed by atoms with Gasteiger partial charge in [0.1, 0.15) is 5.82 Å². The maximum atomic E-state index is 4.26. The Morgan fingerprint density at radius 1 is 1.54 bits per heavy atom. The predicted octanol–water partition coefficient (Wildman–Crippen LogP) is 2.87. The molecule has 1 aromatic heterocycles. The summed E-state index contributed by atoms with van der Waals surface area (Å²) in [4.78, 5) is 7.55. The van der Waals surface area contributed by atoms with E-state index in [0.29, 0.717) is 0 Å². The Hall–Kier alpha value is -1.05. The number of H-pyrrole nitrogens is 1. The molecule has 1 aromatic rings. The molecule has 0 unspecified atom stereocenters. The van der Waals surface area contributed by atoms with Crippen molar-refractivity contribution in [1.82, 2.24) is 9.97 Å². The lowest BCUT2D eigenvalue weighted by atomic mass is 10.2. The number of nitrogens with one attached hydrogen (secondary N) is 1. The van der Waals surface area contributed by atoms with Crippen LogP contribution in [-0.2, 0) is 12.8 Å². The molecular formula is C11H18N2. The summed E-state index contributed by atoms with van der Waals surface area (Å²) >= 11 is 0. The highest BCUT2D eigenvalue weighted by Crippen LogP contribution is 2.04. The third-order valence-corrected chi connectivity index (χ3v) is 2.07. The normalized spacial score (nSPS) is 10.2. The molecule has 1 heterocycles. The van der Waals surface area contributed by atoms with Crippen LogP contribution in [0.4, 0.5) is 0 Å². The summed E-state index contributed by atoms with van der Waals surface area (Å²) in [6, 6.07) is 0. The van der Waals surface area contributed by atoms with E-state index in [0.717, 1.165) is 18.7 Å². The summed E-state index contributed by atoms with van der Waals surface area (Å²) in [6.45, 7) is 5.90. The molecule has 72 valence electrons. The van der Waals surface area contributed by atoms with E-state index < -0.39 is 0 Å². The summed E-state index contributed by atoms with van der Waals surface area (Å²) in [6.07, 6.45) is 9.60. The highest BCUT2D eigenvalue weighted by atomic mass is 14.9. The third-order valence-electron chi connectivity index (χ3n) is 2.07. The molecule has 1 N–H and O–H groups in total. The molecule has 0 saturated carbocycles. The Bertz CT molecular complexity index is 250. The van der Waals surface area contributed by atoms with Gasteiger partial charge >= 0.3 is 0 Å². The summed E-state index contributed by atoms with van der Waals surface area (Å²) in [7, 11) is 0. The number of hydrogen-bond acceptors (Lipinski definition) is 1. The second-order valence-electron chi connectivity index (χ2n) is 3.31. The standard InChI is InChI=1S/C11H18N2/c1-3-5-6-8-10-9-12-11(13-10)7-4-2/h4,9H,2-3,5-8H2,1H3,(H,12,13). The van der Waals surface area contributed by atoms with Crippen molar-refractivity contribution in [2.24, 2.45) is 0 Å². The molecule has 0 amide bonds.